The Balaban J connectivity index is 3.06. The second kappa shape index (κ2) is 7.28. The van der Waals surface area contributed by atoms with Crippen molar-refractivity contribution in [3.05, 3.63) is 24.3 Å². The minimum Gasteiger partial charge on any atom is -0.324 e. The average molecular weight is 263 g/mol. The second-order valence-corrected chi connectivity index (χ2v) is 6.33. The third-order valence-electron chi connectivity index (χ3n) is 5.23. The summed E-state index contributed by atoms with van der Waals surface area (Å²) in [7, 11) is 0. The number of hydrogen-bond donors (Lipinski definition) is 1. The minimum atomic E-state index is -0.0567. The molecule has 110 valence electrons. The van der Waals surface area contributed by atoms with E-state index >= 15 is 0 Å². The smallest absolute Gasteiger partial charge is 0.0249 e. The van der Waals surface area contributed by atoms with Crippen LogP contribution in [0.1, 0.15) is 72.6 Å². The predicted molar refractivity (Wildman–Crippen MR) is 86.1 cm³/mol. The van der Waals surface area contributed by atoms with Crippen LogP contribution in [0.4, 0.5) is 0 Å². The fraction of sp³-hybridized carbons (Fsp3) is 0.778. The Morgan fingerprint density at radius 3 is 2.42 bits per heavy atom. The first-order valence-corrected chi connectivity index (χ1v) is 8.19. The molecule has 0 saturated heterocycles. The maximum absolute atomic E-state index is 6.94. The van der Waals surface area contributed by atoms with Crippen LogP contribution in [0.15, 0.2) is 24.3 Å². The van der Waals surface area contributed by atoms with Gasteiger partial charge in [0, 0.05) is 11.0 Å². The Hall–Kier alpha value is -0.560. The molecule has 3 atom stereocenters. The highest BCUT2D eigenvalue weighted by molar-refractivity contribution is 5.24. The van der Waals surface area contributed by atoms with E-state index in [1.807, 2.05) is 0 Å². The van der Waals surface area contributed by atoms with Gasteiger partial charge in [0.15, 0.2) is 0 Å². The van der Waals surface area contributed by atoms with Crippen LogP contribution in [0.25, 0.3) is 0 Å². The van der Waals surface area contributed by atoms with Gasteiger partial charge in [0.1, 0.15) is 0 Å². The van der Waals surface area contributed by atoms with Crippen molar-refractivity contribution in [1.82, 2.24) is 0 Å². The lowest BCUT2D eigenvalue weighted by molar-refractivity contribution is 0.0851. The van der Waals surface area contributed by atoms with E-state index in [1.54, 1.807) is 0 Å². The molecular weight excluding hydrogens is 230 g/mol. The van der Waals surface area contributed by atoms with Crippen molar-refractivity contribution in [1.29, 1.82) is 0 Å². The summed E-state index contributed by atoms with van der Waals surface area (Å²) in [6.45, 7) is 9.20. The molecule has 19 heavy (non-hydrogen) atoms. The van der Waals surface area contributed by atoms with E-state index < -0.39 is 0 Å². The molecule has 3 unspecified atom stereocenters. The molecule has 0 bridgehead atoms. The van der Waals surface area contributed by atoms with E-state index in [0.717, 1.165) is 19.3 Å². The molecule has 2 N–H and O–H groups in total. The molecule has 0 aromatic heterocycles. The van der Waals surface area contributed by atoms with Gasteiger partial charge in [0.2, 0.25) is 0 Å². The summed E-state index contributed by atoms with van der Waals surface area (Å²) in [6, 6.07) is 0. The van der Waals surface area contributed by atoms with Gasteiger partial charge in [-0.05, 0) is 25.2 Å². The number of rotatable bonds is 8. The molecule has 0 heterocycles. The fourth-order valence-electron chi connectivity index (χ4n) is 3.78. The first-order chi connectivity index (χ1) is 9.06. The molecule has 1 nitrogen and oxygen atoms in total. The third-order valence-corrected chi connectivity index (χ3v) is 5.23. The predicted octanol–water partition coefficient (Wildman–Crippen LogP) is 5.22. The lowest BCUT2D eigenvalue weighted by Crippen LogP contribution is -2.57. The van der Waals surface area contributed by atoms with Crippen molar-refractivity contribution in [2.75, 3.05) is 0 Å². The van der Waals surface area contributed by atoms with Crippen LogP contribution in [-0.2, 0) is 0 Å². The highest BCUT2D eigenvalue weighted by Crippen LogP contribution is 2.49. The van der Waals surface area contributed by atoms with E-state index in [9.17, 15) is 0 Å². The normalized spacial score (nSPS) is 27.2. The number of allylic oxidation sites excluding steroid dienone is 3. The molecular formula is C18H33N. The molecule has 0 saturated carbocycles. The monoisotopic (exact) mass is 263 g/mol. The summed E-state index contributed by atoms with van der Waals surface area (Å²) in [5, 5.41) is 0. The number of nitrogens with two attached hydrogens (primary N) is 1. The molecule has 0 aromatic carbocycles. The van der Waals surface area contributed by atoms with Gasteiger partial charge in [0.25, 0.3) is 0 Å². The van der Waals surface area contributed by atoms with Crippen LogP contribution < -0.4 is 5.73 Å². The summed E-state index contributed by atoms with van der Waals surface area (Å²) < 4.78 is 0. The van der Waals surface area contributed by atoms with Crippen LogP contribution in [0.5, 0.6) is 0 Å². The van der Waals surface area contributed by atoms with Crippen molar-refractivity contribution in [2.45, 2.75) is 78.2 Å². The zero-order valence-corrected chi connectivity index (χ0v) is 13.4. The van der Waals surface area contributed by atoms with Crippen molar-refractivity contribution in [3.8, 4) is 0 Å². The van der Waals surface area contributed by atoms with Gasteiger partial charge in [-0.1, -0.05) is 77.7 Å². The number of hydrogen-bond acceptors (Lipinski definition) is 1. The summed E-state index contributed by atoms with van der Waals surface area (Å²) in [6.07, 6.45) is 17.4. The molecule has 0 amide bonds. The van der Waals surface area contributed by atoms with E-state index in [0.29, 0.717) is 5.92 Å². The van der Waals surface area contributed by atoms with Crippen LogP contribution in [-0.4, -0.2) is 5.54 Å². The van der Waals surface area contributed by atoms with Gasteiger partial charge in [-0.25, -0.2) is 0 Å². The van der Waals surface area contributed by atoms with Crippen molar-refractivity contribution >= 4 is 0 Å². The molecule has 1 heteroatoms. The summed E-state index contributed by atoms with van der Waals surface area (Å²) in [4.78, 5) is 0. The standard InChI is InChI=1S/C18H33N/c1-5-8-15-18(19,7-3)17(16(4)12-6-2)13-10-9-11-14-17/h9-11,13,16H,5-8,12,14-15,19H2,1-4H3. The lowest BCUT2D eigenvalue weighted by Gasteiger charge is -2.51. The van der Waals surface area contributed by atoms with Crippen LogP contribution >= 0.6 is 0 Å². The van der Waals surface area contributed by atoms with Gasteiger partial charge in [-0.2, -0.15) is 0 Å². The molecule has 0 aromatic rings. The Bertz CT molecular complexity index is 318. The summed E-state index contributed by atoms with van der Waals surface area (Å²) >= 11 is 0. The maximum Gasteiger partial charge on any atom is 0.0249 e. The Morgan fingerprint density at radius 1 is 1.21 bits per heavy atom. The maximum atomic E-state index is 6.94. The van der Waals surface area contributed by atoms with Crippen LogP contribution in [0, 0.1) is 11.3 Å². The first kappa shape index (κ1) is 16.5. The highest BCUT2D eigenvalue weighted by Gasteiger charge is 2.48. The van der Waals surface area contributed by atoms with Crippen molar-refractivity contribution in [3.63, 3.8) is 0 Å². The molecule has 1 aliphatic rings. The van der Waals surface area contributed by atoms with Crippen LogP contribution in [0.2, 0.25) is 0 Å². The Kier molecular flexibility index (Phi) is 6.32. The van der Waals surface area contributed by atoms with E-state index in [1.165, 1.54) is 25.7 Å². The van der Waals surface area contributed by atoms with E-state index in [4.69, 9.17) is 5.73 Å². The molecule has 0 radical (unpaired) electrons. The summed E-state index contributed by atoms with van der Waals surface area (Å²) in [5.41, 5.74) is 7.04. The zero-order valence-electron chi connectivity index (χ0n) is 13.4. The van der Waals surface area contributed by atoms with Gasteiger partial charge in [-0.3, -0.25) is 0 Å². The third kappa shape index (κ3) is 3.31. The molecule has 0 aliphatic heterocycles. The molecule has 0 fully saturated rings. The van der Waals surface area contributed by atoms with E-state index in [-0.39, 0.29) is 11.0 Å². The SMILES string of the molecule is CCCCC(N)(CC)C1(C(C)CCC)C=CC=CC1. The Labute approximate surface area is 120 Å². The van der Waals surface area contributed by atoms with Gasteiger partial charge >= 0.3 is 0 Å². The molecule has 1 rings (SSSR count). The minimum absolute atomic E-state index is 0.0567. The van der Waals surface area contributed by atoms with Crippen LogP contribution in [0.3, 0.4) is 0 Å². The molecule has 1 aliphatic carbocycles. The van der Waals surface area contributed by atoms with Crippen molar-refractivity contribution in [2.24, 2.45) is 17.1 Å². The lowest BCUT2D eigenvalue weighted by atomic mass is 9.56. The number of unbranched alkanes of at least 4 members (excludes halogenated alkanes) is 1. The van der Waals surface area contributed by atoms with Gasteiger partial charge < -0.3 is 5.73 Å². The second-order valence-electron chi connectivity index (χ2n) is 6.33. The quantitative estimate of drug-likeness (QED) is 0.638. The largest absolute Gasteiger partial charge is 0.324 e. The zero-order chi connectivity index (χ0) is 14.4. The average Bonchev–Trinajstić information content (AvgIpc) is 2.45. The fourth-order valence-corrected chi connectivity index (χ4v) is 3.78. The highest BCUT2D eigenvalue weighted by atomic mass is 14.8. The van der Waals surface area contributed by atoms with Gasteiger partial charge in [-0.15, -0.1) is 0 Å². The van der Waals surface area contributed by atoms with E-state index in [2.05, 4.69) is 52.0 Å². The van der Waals surface area contributed by atoms with Crippen molar-refractivity contribution < 1.29 is 0 Å². The molecule has 0 spiro atoms. The first-order valence-electron chi connectivity index (χ1n) is 8.19. The van der Waals surface area contributed by atoms with Gasteiger partial charge in [0.05, 0.1) is 0 Å². The summed E-state index contributed by atoms with van der Waals surface area (Å²) in [5.74, 6) is 0.653. The Morgan fingerprint density at radius 2 is 1.95 bits per heavy atom. The topological polar surface area (TPSA) is 26.0 Å².